The van der Waals surface area contributed by atoms with E-state index in [1.165, 1.54) is 11.1 Å². The number of nitrogens with zero attached hydrogens (tertiary/aromatic N) is 2. The van der Waals surface area contributed by atoms with Gasteiger partial charge in [-0.1, -0.05) is 42.0 Å². The largest absolute Gasteiger partial charge is 0.261 e. The van der Waals surface area contributed by atoms with E-state index in [1.807, 2.05) is 24.5 Å². The maximum atomic E-state index is 4.48. The van der Waals surface area contributed by atoms with Crippen molar-refractivity contribution in [1.29, 1.82) is 0 Å². The summed E-state index contributed by atoms with van der Waals surface area (Å²) in [5.41, 5.74) is 4.90. The molecule has 0 unspecified atom stereocenters. The van der Waals surface area contributed by atoms with Crippen LogP contribution in [0.1, 0.15) is 28.4 Å². The summed E-state index contributed by atoms with van der Waals surface area (Å²) in [6, 6.07) is 21.0. The first-order chi connectivity index (χ1) is 10.8. The normalized spacial score (nSPS) is 10.8. The molecule has 110 valence electrons. The van der Waals surface area contributed by atoms with Gasteiger partial charge in [0.15, 0.2) is 0 Å². The second kappa shape index (κ2) is 6.99. The van der Waals surface area contributed by atoms with Crippen molar-refractivity contribution in [3.63, 3.8) is 0 Å². The van der Waals surface area contributed by atoms with Gasteiger partial charge in [-0.05, 0) is 55.5 Å². The number of benzene rings is 1. The van der Waals surface area contributed by atoms with E-state index in [4.69, 9.17) is 0 Å². The molecule has 0 bridgehead atoms. The van der Waals surface area contributed by atoms with Crippen molar-refractivity contribution in [3.05, 3.63) is 95.6 Å². The zero-order valence-corrected chi connectivity index (χ0v) is 12.8. The van der Waals surface area contributed by atoms with Gasteiger partial charge < -0.3 is 0 Å². The van der Waals surface area contributed by atoms with Crippen LogP contribution in [0.2, 0.25) is 0 Å². The topological polar surface area (TPSA) is 25.8 Å². The summed E-state index contributed by atoms with van der Waals surface area (Å²) in [7, 11) is 0. The Labute approximate surface area is 131 Å². The first-order valence-corrected chi connectivity index (χ1v) is 7.67. The zero-order chi connectivity index (χ0) is 15.2. The lowest BCUT2D eigenvalue weighted by Crippen LogP contribution is -2.09. The third-order valence-corrected chi connectivity index (χ3v) is 3.91. The van der Waals surface area contributed by atoms with Gasteiger partial charge in [-0.3, -0.25) is 9.97 Å². The van der Waals surface area contributed by atoms with E-state index in [-0.39, 0.29) is 0 Å². The summed E-state index contributed by atoms with van der Waals surface area (Å²) in [5.74, 6) is 0.394. The van der Waals surface area contributed by atoms with Gasteiger partial charge in [0.05, 0.1) is 0 Å². The van der Waals surface area contributed by atoms with Crippen molar-refractivity contribution in [2.24, 2.45) is 0 Å². The van der Waals surface area contributed by atoms with E-state index >= 15 is 0 Å². The van der Waals surface area contributed by atoms with Crippen molar-refractivity contribution in [3.8, 4) is 0 Å². The monoisotopic (exact) mass is 288 g/mol. The molecule has 0 saturated carbocycles. The van der Waals surface area contributed by atoms with Crippen LogP contribution < -0.4 is 0 Å². The maximum absolute atomic E-state index is 4.48. The number of hydrogen-bond acceptors (Lipinski definition) is 2. The molecule has 1 aromatic carbocycles. The van der Waals surface area contributed by atoms with E-state index in [2.05, 4.69) is 65.4 Å². The number of aromatic nitrogens is 2. The summed E-state index contributed by atoms with van der Waals surface area (Å²) in [6.45, 7) is 2.12. The van der Waals surface area contributed by atoms with E-state index in [9.17, 15) is 0 Å². The molecular formula is C20H20N2. The van der Waals surface area contributed by atoms with E-state index in [0.717, 1.165) is 24.2 Å². The van der Waals surface area contributed by atoms with Gasteiger partial charge in [0.25, 0.3) is 0 Å². The van der Waals surface area contributed by atoms with Crippen molar-refractivity contribution >= 4 is 0 Å². The van der Waals surface area contributed by atoms with E-state index in [0.29, 0.717) is 5.92 Å². The summed E-state index contributed by atoms with van der Waals surface area (Å²) < 4.78 is 0. The highest BCUT2D eigenvalue weighted by Gasteiger charge is 2.14. The Bertz CT molecular complexity index is 649. The molecule has 0 N–H and O–H groups in total. The Hall–Kier alpha value is -2.48. The van der Waals surface area contributed by atoms with Gasteiger partial charge in [0.2, 0.25) is 0 Å². The number of aryl methyl sites for hydroxylation is 1. The third kappa shape index (κ3) is 3.79. The third-order valence-electron chi connectivity index (χ3n) is 3.91. The van der Waals surface area contributed by atoms with Crippen molar-refractivity contribution in [1.82, 2.24) is 9.97 Å². The maximum Gasteiger partial charge on any atom is 0.0409 e. The van der Waals surface area contributed by atoms with Crippen molar-refractivity contribution < 1.29 is 0 Å². The van der Waals surface area contributed by atoms with Crippen molar-refractivity contribution in [2.75, 3.05) is 0 Å². The molecular weight excluding hydrogens is 268 g/mol. The Morgan fingerprint density at radius 2 is 1.27 bits per heavy atom. The minimum absolute atomic E-state index is 0.394. The van der Waals surface area contributed by atoms with Gasteiger partial charge >= 0.3 is 0 Å². The highest BCUT2D eigenvalue weighted by molar-refractivity contribution is 5.27. The standard InChI is InChI=1S/C20H20N2/c1-16-8-10-17(11-9-16)18(14-19-6-2-4-12-21-19)15-20-7-3-5-13-22-20/h2-13,18H,14-15H2,1H3. The fraction of sp³-hybridized carbons (Fsp3) is 0.200. The Morgan fingerprint density at radius 3 is 1.73 bits per heavy atom. The van der Waals surface area contributed by atoms with Gasteiger partial charge in [0.1, 0.15) is 0 Å². The lowest BCUT2D eigenvalue weighted by molar-refractivity contribution is 0.657. The van der Waals surface area contributed by atoms with Crippen LogP contribution in [0.5, 0.6) is 0 Å². The second-order valence-electron chi connectivity index (χ2n) is 5.66. The lowest BCUT2D eigenvalue weighted by Gasteiger charge is -2.17. The Kier molecular flexibility index (Phi) is 4.59. The summed E-state index contributed by atoms with van der Waals surface area (Å²) in [6.07, 6.45) is 5.59. The molecule has 2 heterocycles. The predicted molar refractivity (Wildman–Crippen MR) is 89.8 cm³/mol. The Morgan fingerprint density at radius 1 is 0.727 bits per heavy atom. The minimum atomic E-state index is 0.394. The molecule has 2 aromatic heterocycles. The van der Waals surface area contributed by atoms with Gasteiger partial charge in [-0.25, -0.2) is 0 Å². The molecule has 3 rings (SSSR count). The summed E-state index contributed by atoms with van der Waals surface area (Å²) in [5, 5.41) is 0. The van der Waals surface area contributed by atoms with Crippen LogP contribution >= 0.6 is 0 Å². The molecule has 3 aromatic rings. The van der Waals surface area contributed by atoms with Gasteiger partial charge in [-0.15, -0.1) is 0 Å². The molecule has 2 heteroatoms. The first kappa shape index (κ1) is 14.5. The molecule has 0 atom stereocenters. The highest BCUT2D eigenvalue weighted by atomic mass is 14.7. The van der Waals surface area contributed by atoms with Crippen LogP contribution in [0.25, 0.3) is 0 Å². The van der Waals surface area contributed by atoms with E-state index < -0.39 is 0 Å². The van der Waals surface area contributed by atoms with Crippen LogP contribution in [0, 0.1) is 6.92 Å². The van der Waals surface area contributed by atoms with Crippen LogP contribution in [0.4, 0.5) is 0 Å². The first-order valence-electron chi connectivity index (χ1n) is 7.67. The molecule has 22 heavy (non-hydrogen) atoms. The number of pyridine rings is 2. The predicted octanol–water partition coefficient (Wildman–Crippen LogP) is 4.35. The molecule has 0 saturated heterocycles. The SMILES string of the molecule is Cc1ccc(C(Cc2ccccn2)Cc2ccccn2)cc1. The minimum Gasteiger partial charge on any atom is -0.261 e. The summed E-state index contributed by atoms with van der Waals surface area (Å²) in [4.78, 5) is 8.97. The molecule has 0 fully saturated rings. The lowest BCUT2D eigenvalue weighted by atomic mass is 9.89. The average Bonchev–Trinajstić information content (AvgIpc) is 2.57. The van der Waals surface area contributed by atoms with Crippen LogP contribution in [0.15, 0.2) is 73.1 Å². The van der Waals surface area contributed by atoms with Gasteiger partial charge in [-0.2, -0.15) is 0 Å². The van der Waals surface area contributed by atoms with Crippen LogP contribution in [-0.2, 0) is 12.8 Å². The van der Waals surface area contributed by atoms with Crippen LogP contribution in [0.3, 0.4) is 0 Å². The van der Waals surface area contributed by atoms with E-state index in [1.54, 1.807) is 0 Å². The average molecular weight is 288 g/mol. The molecule has 0 spiro atoms. The number of rotatable bonds is 5. The molecule has 0 radical (unpaired) electrons. The number of hydrogen-bond donors (Lipinski definition) is 0. The van der Waals surface area contributed by atoms with Crippen molar-refractivity contribution in [2.45, 2.75) is 25.7 Å². The Balaban J connectivity index is 1.86. The zero-order valence-electron chi connectivity index (χ0n) is 12.8. The summed E-state index contributed by atoms with van der Waals surface area (Å²) >= 11 is 0. The van der Waals surface area contributed by atoms with Gasteiger partial charge in [0, 0.05) is 23.8 Å². The molecule has 0 amide bonds. The highest BCUT2D eigenvalue weighted by Crippen LogP contribution is 2.24. The molecule has 2 nitrogen and oxygen atoms in total. The fourth-order valence-corrected chi connectivity index (χ4v) is 2.69. The van der Waals surface area contributed by atoms with Crippen LogP contribution in [-0.4, -0.2) is 9.97 Å². The second-order valence-corrected chi connectivity index (χ2v) is 5.66. The fourth-order valence-electron chi connectivity index (χ4n) is 2.69. The molecule has 0 aliphatic heterocycles. The molecule has 0 aliphatic rings. The smallest absolute Gasteiger partial charge is 0.0409 e. The quantitative estimate of drug-likeness (QED) is 0.697. The molecule has 0 aliphatic carbocycles.